The van der Waals surface area contributed by atoms with E-state index in [4.69, 9.17) is 14.4 Å². The standard InChI is InChI=1S/FH.H3O3P/c;1-4(2)3/h1H;4H,(H2,1,2,3). The van der Waals surface area contributed by atoms with E-state index in [1.54, 1.807) is 0 Å². The first-order valence-corrected chi connectivity index (χ1v) is 1.95. The van der Waals surface area contributed by atoms with Gasteiger partial charge >= 0.3 is 8.25 Å². The molecule has 5 heavy (non-hydrogen) atoms. The minimum absolute atomic E-state index is 0. The molecule has 0 heterocycles. The third kappa shape index (κ3) is 2760. The van der Waals surface area contributed by atoms with Crippen LogP contribution in [0.1, 0.15) is 0 Å². The van der Waals surface area contributed by atoms with E-state index in [1.807, 2.05) is 0 Å². The zero-order valence-electron chi connectivity index (χ0n) is 2.21. The van der Waals surface area contributed by atoms with Crippen molar-refractivity contribution in [2.24, 2.45) is 0 Å². The fourth-order valence-corrected chi connectivity index (χ4v) is 0. The van der Waals surface area contributed by atoms with Crippen LogP contribution < -0.4 is 0 Å². The molecule has 0 radical (unpaired) electrons. The summed E-state index contributed by atoms with van der Waals surface area (Å²) in [6, 6.07) is 0. The van der Waals surface area contributed by atoms with Gasteiger partial charge in [0.2, 0.25) is 0 Å². The van der Waals surface area contributed by atoms with Crippen molar-refractivity contribution >= 4 is 8.25 Å². The van der Waals surface area contributed by atoms with Gasteiger partial charge in [0, 0.05) is 0 Å². The van der Waals surface area contributed by atoms with Gasteiger partial charge in [-0.05, 0) is 0 Å². The molecule has 0 aromatic heterocycles. The lowest BCUT2D eigenvalue weighted by Gasteiger charge is -1.61. The molecule has 0 fully saturated rings. The summed E-state index contributed by atoms with van der Waals surface area (Å²) in [5.74, 6) is 0. The Hall–Kier alpha value is 0.0800. The highest BCUT2D eigenvalue weighted by Gasteiger charge is 1.61. The molecular formula is H4FO3P. The van der Waals surface area contributed by atoms with Gasteiger partial charge in [-0.3, -0.25) is 9.27 Å². The van der Waals surface area contributed by atoms with E-state index in [-0.39, 0.29) is 4.70 Å². The van der Waals surface area contributed by atoms with Crippen LogP contribution in [0.2, 0.25) is 0 Å². The Morgan fingerprint density at radius 1 is 1.40 bits per heavy atom. The second-order valence-electron chi connectivity index (χ2n) is 0.283. The van der Waals surface area contributed by atoms with Crippen LogP contribution in [0.5, 0.6) is 0 Å². The van der Waals surface area contributed by atoms with E-state index in [1.165, 1.54) is 0 Å². The number of rotatable bonds is 0. The fraction of sp³-hybridized carbons (Fsp3) is 0. The number of halogens is 1. The molecule has 0 unspecified atom stereocenters. The highest BCUT2D eigenvalue weighted by Crippen LogP contribution is 1.98. The second-order valence-corrected chi connectivity index (χ2v) is 0.848. The first kappa shape index (κ1) is 8.91. The van der Waals surface area contributed by atoms with Gasteiger partial charge in [0.25, 0.3) is 0 Å². The molecule has 0 aliphatic rings. The van der Waals surface area contributed by atoms with Crippen LogP contribution in [0.3, 0.4) is 0 Å². The summed E-state index contributed by atoms with van der Waals surface area (Å²) >= 11 is 0. The van der Waals surface area contributed by atoms with Gasteiger partial charge < -0.3 is 9.79 Å². The molecule has 34 valence electrons. The Kier molecular flexibility index (Phi) is 7.27. The summed E-state index contributed by atoms with van der Waals surface area (Å²) < 4.78 is 8.74. The highest BCUT2D eigenvalue weighted by molar-refractivity contribution is 7.30. The molecule has 0 aromatic carbocycles. The average molecular weight is 102 g/mol. The topological polar surface area (TPSA) is 57.5 Å². The van der Waals surface area contributed by atoms with Gasteiger partial charge in [-0.1, -0.05) is 0 Å². The van der Waals surface area contributed by atoms with Crippen LogP contribution in [0.4, 0.5) is 4.70 Å². The Balaban J connectivity index is 0. The Labute approximate surface area is 28.6 Å². The van der Waals surface area contributed by atoms with Crippen molar-refractivity contribution < 1.29 is 19.1 Å². The molecule has 0 bridgehead atoms. The van der Waals surface area contributed by atoms with Crippen molar-refractivity contribution in [3.63, 3.8) is 0 Å². The minimum atomic E-state index is -3.13. The minimum Gasteiger partial charge on any atom is -0.326 e. The predicted octanol–water partition coefficient (Wildman–Crippen LogP) is -0.487. The van der Waals surface area contributed by atoms with Crippen molar-refractivity contribution in [1.29, 1.82) is 0 Å². The van der Waals surface area contributed by atoms with Gasteiger partial charge in [0.05, 0.1) is 0 Å². The van der Waals surface area contributed by atoms with Crippen LogP contribution in [0, 0.1) is 0 Å². The zero-order valence-corrected chi connectivity index (χ0v) is 3.21. The maximum atomic E-state index is 8.74. The zero-order chi connectivity index (χ0) is 3.58. The lowest BCUT2D eigenvalue weighted by atomic mass is 15.8. The molecule has 0 rings (SSSR count). The van der Waals surface area contributed by atoms with Gasteiger partial charge in [-0.15, -0.1) is 0 Å². The highest BCUT2D eigenvalue weighted by atomic mass is 31.1. The molecule has 0 atom stereocenters. The van der Waals surface area contributed by atoms with E-state index >= 15 is 0 Å². The molecular weight excluding hydrogens is 98.0 g/mol. The summed E-state index contributed by atoms with van der Waals surface area (Å²) in [4.78, 5) is 14.3. The molecule has 5 heteroatoms. The molecule has 0 saturated heterocycles. The van der Waals surface area contributed by atoms with Crippen molar-refractivity contribution in [1.82, 2.24) is 0 Å². The summed E-state index contributed by atoms with van der Waals surface area (Å²) in [7, 11) is -3.13. The normalized spacial score (nSPS) is 7.00. The summed E-state index contributed by atoms with van der Waals surface area (Å²) in [5.41, 5.74) is 0. The first-order valence-electron chi connectivity index (χ1n) is 0.651. The van der Waals surface area contributed by atoms with Crippen LogP contribution in [-0.4, -0.2) is 9.79 Å². The largest absolute Gasteiger partial charge is 0.326 e. The van der Waals surface area contributed by atoms with Gasteiger partial charge in [0.1, 0.15) is 0 Å². The van der Waals surface area contributed by atoms with Crippen LogP contribution in [-0.2, 0) is 4.57 Å². The Morgan fingerprint density at radius 2 is 1.40 bits per heavy atom. The third-order valence-electron chi connectivity index (χ3n) is 0. The molecule has 0 spiro atoms. The van der Waals surface area contributed by atoms with Crippen molar-refractivity contribution in [2.45, 2.75) is 0 Å². The average Bonchev–Trinajstić information content (AvgIpc) is 0.811. The fourth-order valence-electron chi connectivity index (χ4n) is 0. The van der Waals surface area contributed by atoms with E-state index < -0.39 is 8.25 Å². The molecule has 0 aliphatic carbocycles. The lowest BCUT2D eigenvalue weighted by molar-refractivity contribution is 0.405. The Bertz CT molecular complexity index is 29.9. The molecule has 3 nitrogen and oxygen atoms in total. The SMILES string of the molecule is F.O=[PH](O)O. The van der Waals surface area contributed by atoms with Crippen molar-refractivity contribution in [3.05, 3.63) is 0 Å². The molecule has 0 aromatic rings. The maximum Gasteiger partial charge on any atom is 0.314 e. The smallest absolute Gasteiger partial charge is 0.314 e. The number of hydrogen-bond donors (Lipinski definition) is 2. The van der Waals surface area contributed by atoms with Gasteiger partial charge in [-0.2, -0.15) is 0 Å². The summed E-state index contributed by atoms with van der Waals surface area (Å²) in [6.45, 7) is 0. The predicted molar refractivity (Wildman–Crippen MR) is 15.9 cm³/mol. The lowest BCUT2D eigenvalue weighted by Crippen LogP contribution is -1.38. The third-order valence-corrected chi connectivity index (χ3v) is 0. The molecule has 0 amide bonds. The van der Waals surface area contributed by atoms with Gasteiger partial charge in [0.15, 0.2) is 0 Å². The Morgan fingerprint density at radius 3 is 1.40 bits per heavy atom. The number of hydrogen-bond acceptors (Lipinski definition) is 1. The molecule has 0 aliphatic heterocycles. The van der Waals surface area contributed by atoms with E-state index in [9.17, 15) is 0 Å². The monoisotopic (exact) mass is 102 g/mol. The van der Waals surface area contributed by atoms with Crippen LogP contribution in [0.15, 0.2) is 0 Å². The second kappa shape index (κ2) is 4.08. The first-order chi connectivity index (χ1) is 1.73. The van der Waals surface area contributed by atoms with Crippen LogP contribution in [0.25, 0.3) is 0 Å². The summed E-state index contributed by atoms with van der Waals surface area (Å²) in [5, 5.41) is 0. The van der Waals surface area contributed by atoms with Crippen molar-refractivity contribution in [3.8, 4) is 0 Å². The van der Waals surface area contributed by atoms with E-state index in [0.717, 1.165) is 0 Å². The maximum absolute atomic E-state index is 8.74. The quantitative estimate of drug-likeness (QED) is 0.406. The van der Waals surface area contributed by atoms with Crippen LogP contribution >= 0.6 is 8.25 Å². The summed E-state index contributed by atoms with van der Waals surface area (Å²) in [6.07, 6.45) is 0. The van der Waals surface area contributed by atoms with E-state index in [2.05, 4.69) is 0 Å². The van der Waals surface area contributed by atoms with Gasteiger partial charge in [-0.25, -0.2) is 0 Å². The van der Waals surface area contributed by atoms with Crippen molar-refractivity contribution in [2.75, 3.05) is 0 Å². The van der Waals surface area contributed by atoms with E-state index in [0.29, 0.717) is 0 Å². The molecule has 2 N–H and O–H groups in total. The molecule has 0 saturated carbocycles.